The maximum Gasteiger partial charge on any atom is 0.305 e. The molecular formula is C14H19NO4. The van der Waals surface area contributed by atoms with E-state index in [1.165, 1.54) is 7.11 Å². The van der Waals surface area contributed by atoms with Gasteiger partial charge in [0.1, 0.15) is 0 Å². The third-order valence-electron chi connectivity index (χ3n) is 2.75. The Hall–Kier alpha value is -1.88. The van der Waals surface area contributed by atoms with Gasteiger partial charge in [0.15, 0.2) is 0 Å². The minimum atomic E-state index is -0.713. The van der Waals surface area contributed by atoms with Crippen LogP contribution >= 0.6 is 0 Å². The summed E-state index contributed by atoms with van der Waals surface area (Å²) in [6.45, 7) is 1.78. The SMILES string of the molecule is CCC(=O)Nc1ccc(C(O)CCC(=O)OC)cc1. The molecule has 0 aromatic heterocycles. The molecule has 1 aromatic rings. The molecule has 1 atom stereocenters. The second kappa shape index (κ2) is 7.53. The van der Waals surface area contributed by atoms with Gasteiger partial charge in [0.25, 0.3) is 0 Å². The molecule has 0 fully saturated rings. The van der Waals surface area contributed by atoms with E-state index < -0.39 is 6.10 Å². The lowest BCUT2D eigenvalue weighted by Gasteiger charge is -2.11. The number of nitrogens with one attached hydrogen (secondary N) is 1. The molecule has 0 saturated carbocycles. The predicted octanol–water partition coefficient (Wildman–Crippen LogP) is 2.02. The van der Waals surface area contributed by atoms with E-state index in [1.807, 2.05) is 0 Å². The highest BCUT2D eigenvalue weighted by atomic mass is 16.5. The van der Waals surface area contributed by atoms with Crippen LogP contribution in [0.15, 0.2) is 24.3 Å². The van der Waals surface area contributed by atoms with Crippen molar-refractivity contribution in [3.63, 3.8) is 0 Å². The van der Waals surface area contributed by atoms with Crippen LogP contribution in [0.2, 0.25) is 0 Å². The molecule has 104 valence electrons. The smallest absolute Gasteiger partial charge is 0.305 e. The van der Waals surface area contributed by atoms with Crippen LogP contribution in [0.25, 0.3) is 0 Å². The molecule has 5 heteroatoms. The summed E-state index contributed by atoms with van der Waals surface area (Å²) in [4.78, 5) is 22.2. The first-order valence-corrected chi connectivity index (χ1v) is 6.21. The lowest BCUT2D eigenvalue weighted by molar-refractivity contribution is -0.141. The lowest BCUT2D eigenvalue weighted by atomic mass is 10.0. The average Bonchev–Trinajstić information content (AvgIpc) is 2.44. The summed E-state index contributed by atoms with van der Waals surface area (Å²) in [5.74, 6) is -0.398. The van der Waals surface area contributed by atoms with Crippen LogP contribution in [0.3, 0.4) is 0 Å². The number of carbonyl (C=O) groups excluding carboxylic acids is 2. The summed E-state index contributed by atoms with van der Waals surface area (Å²) in [6, 6.07) is 6.91. The van der Waals surface area contributed by atoms with E-state index in [0.717, 1.165) is 0 Å². The van der Waals surface area contributed by atoms with Gasteiger partial charge < -0.3 is 15.2 Å². The van der Waals surface area contributed by atoms with Gasteiger partial charge in [-0.15, -0.1) is 0 Å². The first-order chi connectivity index (χ1) is 9.06. The molecule has 19 heavy (non-hydrogen) atoms. The Bertz CT molecular complexity index is 428. The Morgan fingerprint density at radius 2 is 1.95 bits per heavy atom. The third-order valence-corrected chi connectivity index (χ3v) is 2.75. The fraction of sp³-hybridized carbons (Fsp3) is 0.429. The summed E-state index contributed by atoms with van der Waals surface area (Å²) in [6.07, 6.45) is 0.193. The summed E-state index contributed by atoms with van der Waals surface area (Å²) in [5, 5.41) is 12.6. The number of aliphatic hydroxyl groups excluding tert-OH is 1. The minimum absolute atomic E-state index is 0.0565. The number of aliphatic hydroxyl groups is 1. The number of carbonyl (C=O) groups is 2. The zero-order chi connectivity index (χ0) is 14.3. The minimum Gasteiger partial charge on any atom is -0.469 e. The predicted molar refractivity (Wildman–Crippen MR) is 71.6 cm³/mol. The number of hydrogen-bond donors (Lipinski definition) is 2. The average molecular weight is 265 g/mol. The number of esters is 1. The van der Waals surface area contributed by atoms with E-state index in [4.69, 9.17) is 0 Å². The van der Waals surface area contributed by atoms with Gasteiger partial charge in [0, 0.05) is 18.5 Å². The topological polar surface area (TPSA) is 75.6 Å². The second-order valence-corrected chi connectivity index (χ2v) is 4.15. The molecule has 0 spiro atoms. The van der Waals surface area contributed by atoms with Crippen molar-refractivity contribution in [2.45, 2.75) is 32.3 Å². The van der Waals surface area contributed by atoms with Crippen molar-refractivity contribution in [1.29, 1.82) is 0 Å². The summed E-state index contributed by atoms with van der Waals surface area (Å²) >= 11 is 0. The van der Waals surface area contributed by atoms with Crippen LogP contribution in [0.4, 0.5) is 5.69 Å². The molecule has 0 aliphatic heterocycles. The molecule has 1 unspecified atom stereocenters. The molecule has 1 amide bonds. The summed E-state index contributed by atoms with van der Waals surface area (Å²) < 4.78 is 4.51. The van der Waals surface area contributed by atoms with Crippen molar-refractivity contribution in [3.8, 4) is 0 Å². The monoisotopic (exact) mass is 265 g/mol. The number of amides is 1. The quantitative estimate of drug-likeness (QED) is 0.772. The fourth-order valence-electron chi connectivity index (χ4n) is 1.56. The maximum absolute atomic E-state index is 11.2. The number of rotatable bonds is 6. The summed E-state index contributed by atoms with van der Waals surface area (Å²) in [7, 11) is 1.32. The number of ether oxygens (including phenoxy) is 1. The highest BCUT2D eigenvalue weighted by molar-refractivity contribution is 5.90. The molecule has 0 aliphatic carbocycles. The first-order valence-electron chi connectivity index (χ1n) is 6.21. The molecule has 2 N–H and O–H groups in total. The van der Waals surface area contributed by atoms with Crippen LogP contribution in [0.1, 0.15) is 37.9 Å². The largest absolute Gasteiger partial charge is 0.469 e. The lowest BCUT2D eigenvalue weighted by Crippen LogP contribution is -2.09. The molecule has 1 aromatic carbocycles. The molecular weight excluding hydrogens is 246 g/mol. The normalized spacial score (nSPS) is 11.7. The molecule has 0 radical (unpaired) electrons. The van der Waals surface area contributed by atoms with E-state index in [-0.39, 0.29) is 18.3 Å². The summed E-state index contributed by atoms with van der Waals surface area (Å²) in [5.41, 5.74) is 1.40. The molecule has 5 nitrogen and oxygen atoms in total. The van der Waals surface area contributed by atoms with E-state index in [1.54, 1.807) is 31.2 Å². The van der Waals surface area contributed by atoms with Crippen LogP contribution in [-0.2, 0) is 14.3 Å². The maximum atomic E-state index is 11.2. The van der Waals surface area contributed by atoms with Gasteiger partial charge in [-0.1, -0.05) is 19.1 Å². The van der Waals surface area contributed by atoms with Gasteiger partial charge in [0.05, 0.1) is 13.2 Å². The zero-order valence-electron chi connectivity index (χ0n) is 11.2. The Kier molecular flexibility index (Phi) is 6.02. The van der Waals surface area contributed by atoms with Gasteiger partial charge >= 0.3 is 5.97 Å². The Labute approximate surface area is 112 Å². The van der Waals surface area contributed by atoms with Crippen molar-refractivity contribution in [2.75, 3.05) is 12.4 Å². The standard InChI is InChI=1S/C14H19NO4/c1-3-13(17)15-11-6-4-10(5-7-11)12(16)8-9-14(18)19-2/h4-7,12,16H,3,8-9H2,1-2H3,(H,15,17). The van der Waals surface area contributed by atoms with Gasteiger partial charge in [-0.05, 0) is 24.1 Å². The second-order valence-electron chi connectivity index (χ2n) is 4.15. The zero-order valence-corrected chi connectivity index (χ0v) is 11.2. The van der Waals surface area contributed by atoms with Crippen molar-refractivity contribution in [3.05, 3.63) is 29.8 Å². The Balaban J connectivity index is 2.55. The Morgan fingerprint density at radius 1 is 1.32 bits per heavy atom. The van der Waals surface area contributed by atoms with Crippen LogP contribution in [-0.4, -0.2) is 24.1 Å². The highest BCUT2D eigenvalue weighted by Crippen LogP contribution is 2.20. The Morgan fingerprint density at radius 3 is 2.47 bits per heavy atom. The number of benzene rings is 1. The van der Waals surface area contributed by atoms with Crippen LogP contribution < -0.4 is 5.32 Å². The molecule has 0 aliphatic rings. The third kappa shape index (κ3) is 5.09. The van der Waals surface area contributed by atoms with E-state index in [2.05, 4.69) is 10.1 Å². The number of anilines is 1. The van der Waals surface area contributed by atoms with Crippen molar-refractivity contribution in [1.82, 2.24) is 0 Å². The van der Waals surface area contributed by atoms with E-state index >= 15 is 0 Å². The number of hydrogen-bond acceptors (Lipinski definition) is 4. The first kappa shape index (κ1) is 15.2. The van der Waals surface area contributed by atoms with Gasteiger partial charge in [-0.3, -0.25) is 9.59 Å². The van der Waals surface area contributed by atoms with Crippen molar-refractivity contribution < 1.29 is 19.4 Å². The van der Waals surface area contributed by atoms with Gasteiger partial charge in [-0.2, -0.15) is 0 Å². The molecule has 0 saturated heterocycles. The van der Waals surface area contributed by atoms with Gasteiger partial charge in [-0.25, -0.2) is 0 Å². The molecule has 0 heterocycles. The molecule has 0 bridgehead atoms. The highest BCUT2D eigenvalue weighted by Gasteiger charge is 2.10. The van der Waals surface area contributed by atoms with E-state index in [9.17, 15) is 14.7 Å². The van der Waals surface area contributed by atoms with Crippen LogP contribution in [0.5, 0.6) is 0 Å². The fourth-order valence-corrected chi connectivity index (χ4v) is 1.56. The van der Waals surface area contributed by atoms with E-state index in [0.29, 0.717) is 24.1 Å². The van der Waals surface area contributed by atoms with Crippen LogP contribution in [0, 0.1) is 0 Å². The van der Waals surface area contributed by atoms with Crippen molar-refractivity contribution >= 4 is 17.6 Å². The number of methoxy groups -OCH3 is 1. The molecule has 1 rings (SSSR count). The van der Waals surface area contributed by atoms with Gasteiger partial charge in [0.2, 0.25) is 5.91 Å². The van der Waals surface area contributed by atoms with Crippen molar-refractivity contribution in [2.24, 2.45) is 0 Å².